The number of nitrogens with zero attached hydrogens (tertiary/aromatic N) is 4. The Morgan fingerprint density at radius 3 is 2.50 bits per heavy atom. The van der Waals surface area contributed by atoms with Crippen LogP contribution in [0.5, 0.6) is 5.75 Å². The SMILES string of the molecule is COC[C@@H]1CN(C(=O)c2cnn(C(C)C)c2C2=Cc3cc(OC)ccc3-c3c(C4CCCCC4)c4ccc(C(=O)NS(=O)(=O)C(C)C)cc4n3C2)CCO1. The maximum absolute atomic E-state index is 14.5. The van der Waals surface area contributed by atoms with Crippen molar-refractivity contribution in [3.8, 4) is 17.0 Å². The molecule has 0 bridgehead atoms. The number of aromatic nitrogens is 3. The first kappa shape index (κ1) is 37.8. The van der Waals surface area contributed by atoms with Gasteiger partial charge in [0.05, 0.1) is 61.4 Å². The Hall–Kier alpha value is -4.46. The van der Waals surface area contributed by atoms with Gasteiger partial charge in [0.25, 0.3) is 11.8 Å². The summed E-state index contributed by atoms with van der Waals surface area (Å²) < 4.78 is 48.9. The van der Waals surface area contributed by atoms with Gasteiger partial charge in [-0.1, -0.05) is 25.3 Å². The smallest absolute Gasteiger partial charge is 0.264 e. The number of allylic oxidation sites excluding steroid dienone is 1. The van der Waals surface area contributed by atoms with Crippen molar-refractivity contribution in [2.24, 2.45) is 0 Å². The van der Waals surface area contributed by atoms with E-state index in [4.69, 9.17) is 19.3 Å². The van der Waals surface area contributed by atoms with E-state index in [9.17, 15) is 18.0 Å². The number of amides is 2. The van der Waals surface area contributed by atoms with Gasteiger partial charge < -0.3 is 23.7 Å². The molecule has 0 radical (unpaired) electrons. The van der Waals surface area contributed by atoms with Crippen LogP contribution in [-0.2, 0) is 26.0 Å². The summed E-state index contributed by atoms with van der Waals surface area (Å²) in [4.78, 5) is 29.8. The Balaban J connectivity index is 1.44. The molecule has 2 amide bonds. The summed E-state index contributed by atoms with van der Waals surface area (Å²) in [5.74, 6) is 0.223. The second-order valence-corrected chi connectivity index (χ2v) is 17.4. The highest BCUT2D eigenvalue weighted by Gasteiger charge is 2.34. The average molecular weight is 758 g/mol. The van der Waals surface area contributed by atoms with Crippen molar-refractivity contribution in [3.63, 3.8) is 0 Å². The highest BCUT2D eigenvalue weighted by Crippen LogP contribution is 2.48. The van der Waals surface area contributed by atoms with Gasteiger partial charge in [-0.15, -0.1) is 0 Å². The first-order chi connectivity index (χ1) is 25.9. The molecule has 3 aliphatic rings. The van der Waals surface area contributed by atoms with Gasteiger partial charge in [-0.2, -0.15) is 5.10 Å². The number of methoxy groups -OCH3 is 2. The molecule has 1 N–H and O–H groups in total. The molecule has 2 aromatic carbocycles. The molecule has 1 saturated heterocycles. The number of benzene rings is 2. The summed E-state index contributed by atoms with van der Waals surface area (Å²) in [5.41, 5.74) is 7.46. The zero-order valence-corrected chi connectivity index (χ0v) is 32.9. The second-order valence-electron chi connectivity index (χ2n) is 15.2. The summed E-state index contributed by atoms with van der Waals surface area (Å²) in [6, 6.07) is 11.6. The molecule has 2 aliphatic heterocycles. The third kappa shape index (κ3) is 7.09. The van der Waals surface area contributed by atoms with E-state index in [0.717, 1.165) is 64.7 Å². The van der Waals surface area contributed by atoms with E-state index in [1.807, 2.05) is 33.8 Å². The van der Waals surface area contributed by atoms with Gasteiger partial charge in [0.15, 0.2) is 0 Å². The normalized spacial score (nSPS) is 18.0. The number of ether oxygens (including phenoxy) is 3. The highest BCUT2D eigenvalue weighted by molar-refractivity contribution is 7.90. The third-order valence-corrected chi connectivity index (χ3v) is 12.7. The fourth-order valence-electron chi connectivity index (χ4n) is 8.22. The molecule has 0 unspecified atom stereocenters. The van der Waals surface area contributed by atoms with E-state index in [1.165, 1.54) is 12.0 Å². The summed E-state index contributed by atoms with van der Waals surface area (Å²) in [6.07, 6.45) is 9.17. The first-order valence-electron chi connectivity index (χ1n) is 19.0. The van der Waals surface area contributed by atoms with E-state index in [-0.39, 0.29) is 23.6 Å². The van der Waals surface area contributed by atoms with Crippen molar-refractivity contribution < 1.29 is 32.2 Å². The Morgan fingerprint density at radius 2 is 1.80 bits per heavy atom. The summed E-state index contributed by atoms with van der Waals surface area (Å²) in [5, 5.41) is 5.07. The maximum Gasteiger partial charge on any atom is 0.264 e. The largest absolute Gasteiger partial charge is 0.497 e. The minimum Gasteiger partial charge on any atom is -0.497 e. The van der Waals surface area contributed by atoms with Gasteiger partial charge in [0.2, 0.25) is 10.0 Å². The van der Waals surface area contributed by atoms with Crippen LogP contribution >= 0.6 is 0 Å². The van der Waals surface area contributed by atoms with Crippen LogP contribution in [0, 0.1) is 0 Å². The van der Waals surface area contributed by atoms with E-state index >= 15 is 0 Å². The number of hydrogen-bond acceptors (Lipinski definition) is 8. The van der Waals surface area contributed by atoms with Crippen molar-refractivity contribution in [3.05, 3.63) is 70.5 Å². The van der Waals surface area contributed by atoms with Gasteiger partial charge in [-0.25, -0.2) is 13.1 Å². The van der Waals surface area contributed by atoms with Crippen molar-refractivity contribution in [1.29, 1.82) is 0 Å². The minimum absolute atomic E-state index is 0.0571. The van der Waals surface area contributed by atoms with E-state index in [1.54, 1.807) is 40.3 Å². The monoisotopic (exact) mass is 757 g/mol. The maximum atomic E-state index is 14.5. The zero-order chi connectivity index (χ0) is 38.3. The van der Waals surface area contributed by atoms with Crippen LogP contribution in [0.15, 0.2) is 42.6 Å². The van der Waals surface area contributed by atoms with Crippen molar-refractivity contribution >= 4 is 44.4 Å². The Morgan fingerprint density at radius 1 is 1.02 bits per heavy atom. The van der Waals surface area contributed by atoms with Gasteiger partial charge in [-0.05, 0) is 99.6 Å². The molecule has 2 aromatic heterocycles. The van der Waals surface area contributed by atoms with E-state index in [2.05, 4.69) is 35.3 Å². The molecule has 0 spiro atoms. The lowest BCUT2D eigenvalue weighted by atomic mass is 9.81. The summed E-state index contributed by atoms with van der Waals surface area (Å²) in [6.45, 7) is 9.24. The molecular formula is C41H51N5O7S. The minimum atomic E-state index is -3.85. The summed E-state index contributed by atoms with van der Waals surface area (Å²) >= 11 is 0. The van der Waals surface area contributed by atoms with Gasteiger partial charge in [-0.3, -0.25) is 14.3 Å². The lowest BCUT2D eigenvalue weighted by Gasteiger charge is -2.32. The topological polar surface area (TPSA) is 134 Å². The van der Waals surface area contributed by atoms with Gasteiger partial charge in [0.1, 0.15) is 5.75 Å². The molecular weight excluding hydrogens is 707 g/mol. The molecule has 13 heteroatoms. The lowest BCUT2D eigenvalue weighted by molar-refractivity contribution is -0.0531. The molecule has 4 aromatic rings. The number of fused-ring (bicyclic) bond motifs is 5. The van der Waals surface area contributed by atoms with Crippen molar-refractivity contribution in [2.75, 3.05) is 40.5 Å². The molecule has 1 saturated carbocycles. The average Bonchev–Trinajstić information content (AvgIpc) is 3.69. The second kappa shape index (κ2) is 15.3. The molecule has 1 aliphatic carbocycles. The third-order valence-electron chi connectivity index (χ3n) is 11.0. The molecule has 54 heavy (non-hydrogen) atoms. The molecule has 4 heterocycles. The quantitative estimate of drug-likeness (QED) is 0.190. The number of morpholine rings is 1. The molecule has 12 nitrogen and oxygen atoms in total. The van der Waals surface area contributed by atoms with Gasteiger partial charge >= 0.3 is 0 Å². The fourth-order valence-corrected chi connectivity index (χ4v) is 8.84. The van der Waals surface area contributed by atoms with Gasteiger partial charge in [0, 0.05) is 48.3 Å². The van der Waals surface area contributed by atoms with Crippen LogP contribution in [0.4, 0.5) is 0 Å². The number of rotatable bonds is 10. The molecule has 288 valence electrons. The Bertz CT molecular complexity index is 2210. The van der Waals surface area contributed by atoms with Crippen molar-refractivity contribution in [2.45, 2.75) is 89.7 Å². The van der Waals surface area contributed by atoms with Crippen LogP contribution in [0.1, 0.15) is 109 Å². The first-order valence-corrected chi connectivity index (χ1v) is 20.5. The lowest BCUT2D eigenvalue weighted by Crippen LogP contribution is -2.47. The fraction of sp³-hybridized carbons (Fsp3) is 0.488. The van der Waals surface area contributed by atoms with Crippen LogP contribution in [0.25, 0.3) is 33.8 Å². The summed E-state index contributed by atoms with van der Waals surface area (Å²) in [7, 11) is -0.566. The van der Waals surface area contributed by atoms with Crippen LogP contribution in [0.2, 0.25) is 0 Å². The van der Waals surface area contributed by atoms with E-state index in [0.29, 0.717) is 50.1 Å². The Labute approximate surface area is 317 Å². The van der Waals surface area contributed by atoms with Crippen LogP contribution in [-0.4, -0.2) is 91.4 Å². The van der Waals surface area contributed by atoms with Crippen molar-refractivity contribution in [1.82, 2.24) is 24.0 Å². The predicted octanol–water partition coefficient (Wildman–Crippen LogP) is 6.65. The molecule has 1 atom stereocenters. The number of carbonyl (C=O) groups is 2. The number of carbonyl (C=O) groups excluding carboxylic acids is 2. The van der Waals surface area contributed by atoms with Crippen LogP contribution in [0.3, 0.4) is 0 Å². The van der Waals surface area contributed by atoms with E-state index < -0.39 is 21.2 Å². The van der Waals surface area contributed by atoms with Crippen LogP contribution < -0.4 is 9.46 Å². The standard InChI is InChI=1S/C41H51N5O7S/c1-25(2)46-38(35(21-42-46)41(48)44-16-17-53-32(23-44)24-51-5)30-18-29-19-31(52-6)13-15-33(29)39-37(27-10-8-7-9-11-27)34-14-12-28(20-36(34)45(39)22-30)40(47)43-54(49,50)26(3)4/h12-15,18-21,25-27,32H,7-11,16-17,22-24H2,1-6H3,(H,43,47)/t32-/m0/s1. The number of hydrogen-bond donors (Lipinski definition) is 1. The Kier molecular flexibility index (Phi) is 10.8. The predicted molar refractivity (Wildman–Crippen MR) is 209 cm³/mol. The number of nitrogens with one attached hydrogen (secondary N) is 1. The number of sulfonamides is 1. The molecule has 7 rings (SSSR count). The zero-order valence-electron chi connectivity index (χ0n) is 32.1. The molecule has 2 fully saturated rings. The highest BCUT2D eigenvalue weighted by atomic mass is 32.2.